The van der Waals surface area contributed by atoms with Crippen molar-refractivity contribution in [3.8, 4) is 0 Å². The minimum atomic E-state index is -0.0559. The van der Waals surface area contributed by atoms with Gasteiger partial charge in [-0.05, 0) is 24.5 Å². The van der Waals surface area contributed by atoms with Gasteiger partial charge in [-0.25, -0.2) is 0 Å². The predicted octanol–water partition coefficient (Wildman–Crippen LogP) is 3.02. The van der Waals surface area contributed by atoms with Gasteiger partial charge in [0.05, 0.1) is 0 Å². The first-order valence-corrected chi connectivity index (χ1v) is 5.94. The lowest BCUT2D eigenvalue weighted by Crippen LogP contribution is -2.18. The van der Waals surface area contributed by atoms with Crippen LogP contribution < -0.4 is 0 Å². The maximum atomic E-state index is 12.5. The monoisotopic (exact) mass is 236 g/mol. The number of hydrogen-bond acceptors (Lipinski definition) is 2. The van der Waals surface area contributed by atoms with Gasteiger partial charge in [0.15, 0.2) is 11.6 Å². The first kappa shape index (κ1) is 10.9. The van der Waals surface area contributed by atoms with Crippen LogP contribution in [0.15, 0.2) is 42.5 Å². The molecule has 0 atom stereocenters. The number of benzene rings is 2. The van der Waals surface area contributed by atoms with Gasteiger partial charge in [-0.15, -0.1) is 0 Å². The summed E-state index contributed by atoms with van der Waals surface area (Å²) in [6.07, 6.45) is 0.721. The Kier molecular flexibility index (Phi) is 2.37. The van der Waals surface area contributed by atoms with E-state index >= 15 is 0 Å². The van der Waals surface area contributed by atoms with E-state index in [4.69, 9.17) is 0 Å². The van der Waals surface area contributed by atoms with E-state index in [9.17, 15) is 9.59 Å². The fourth-order valence-corrected chi connectivity index (χ4v) is 2.54. The number of hydrogen-bond donors (Lipinski definition) is 0. The summed E-state index contributed by atoms with van der Waals surface area (Å²) in [5.41, 5.74) is 3.83. The molecule has 18 heavy (non-hydrogen) atoms. The zero-order valence-electron chi connectivity index (χ0n) is 10.1. The highest BCUT2D eigenvalue weighted by Gasteiger charge is 2.26. The number of carbonyl (C=O) groups is 2. The van der Waals surface area contributed by atoms with Crippen LogP contribution in [0.2, 0.25) is 0 Å². The molecule has 0 bridgehead atoms. The van der Waals surface area contributed by atoms with E-state index in [0.717, 1.165) is 23.1 Å². The van der Waals surface area contributed by atoms with Crippen molar-refractivity contribution < 1.29 is 9.59 Å². The smallest absolute Gasteiger partial charge is 0.194 e. The SMILES string of the molecule is CC(=O)c1cccc2c1C(=O)c1ccccc1C2. The molecule has 3 rings (SSSR count). The van der Waals surface area contributed by atoms with E-state index in [1.54, 1.807) is 6.07 Å². The Morgan fingerprint density at radius 1 is 1.00 bits per heavy atom. The number of carbonyl (C=O) groups excluding carboxylic acids is 2. The summed E-state index contributed by atoms with van der Waals surface area (Å²) in [4.78, 5) is 24.1. The molecule has 2 aromatic rings. The molecule has 0 unspecified atom stereocenters. The first-order chi connectivity index (χ1) is 8.68. The number of rotatable bonds is 1. The number of fused-ring (bicyclic) bond motifs is 2. The molecule has 1 aliphatic carbocycles. The molecule has 0 amide bonds. The fraction of sp³-hybridized carbons (Fsp3) is 0.125. The van der Waals surface area contributed by atoms with Crippen molar-refractivity contribution in [2.75, 3.05) is 0 Å². The van der Waals surface area contributed by atoms with E-state index in [1.165, 1.54) is 6.92 Å². The summed E-state index contributed by atoms with van der Waals surface area (Å²) >= 11 is 0. The van der Waals surface area contributed by atoms with Crippen LogP contribution in [0, 0.1) is 0 Å². The summed E-state index contributed by atoms with van der Waals surface area (Å²) in [5.74, 6) is -0.0859. The molecule has 2 nitrogen and oxygen atoms in total. The normalized spacial score (nSPS) is 12.8. The standard InChI is InChI=1S/C16H12O2/c1-10(17)13-8-4-6-12-9-11-5-2-3-7-14(11)16(18)15(12)13/h2-8H,9H2,1H3. The molecule has 88 valence electrons. The molecular weight excluding hydrogens is 224 g/mol. The molecule has 0 heterocycles. The second kappa shape index (κ2) is 3.91. The van der Waals surface area contributed by atoms with Gasteiger partial charge in [0.25, 0.3) is 0 Å². The van der Waals surface area contributed by atoms with Gasteiger partial charge in [-0.2, -0.15) is 0 Å². The Hall–Kier alpha value is -2.22. The molecule has 0 saturated heterocycles. The van der Waals surface area contributed by atoms with Crippen LogP contribution in [-0.2, 0) is 6.42 Å². The highest BCUT2D eigenvalue weighted by atomic mass is 16.1. The average molecular weight is 236 g/mol. The van der Waals surface area contributed by atoms with Crippen molar-refractivity contribution in [3.63, 3.8) is 0 Å². The van der Waals surface area contributed by atoms with Crippen molar-refractivity contribution >= 4 is 11.6 Å². The number of ketones is 2. The Labute approximate surface area is 105 Å². The van der Waals surface area contributed by atoms with Crippen LogP contribution in [0.1, 0.15) is 44.3 Å². The van der Waals surface area contributed by atoms with Crippen molar-refractivity contribution in [3.05, 3.63) is 70.3 Å². The zero-order valence-corrected chi connectivity index (χ0v) is 10.1. The summed E-state index contributed by atoms with van der Waals surface area (Å²) in [5, 5.41) is 0. The van der Waals surface area contributed by atoms with Gasteiger partial charge in [0.2, 0.25) is 0 Å². The van der Waals surface area contributed by atoms with Gasteiger partial charge in [-0.3, -0.25) is 9.59 Å². The van der Waals surface area contributed by atoms with Gasteiger partial charge in [-0.1, -0.05) is 42.5 Å². The summed E-state index contributed by atoms with van der Waals surface area (Å²) in [6, 6.07) is 13.1. The molecule has 0 N–H and O–H groups in total. The van der Waals surface area contributed by atoms with Crippen LogP contribution in [0.25, 0.3) is 0 Å². The van der Waals surface area contributed by atoms with Gasteiger partial charge >= 0.3 is 0 Å². The molecule has 0 radical (unpaired) electrons. The first-order valence-electron chi connectivity index (χ1n) is 5.94. The van der Waals surface area contributed by atoms with Crippen LogP contribution in [0.3, 0.4) is 0 Å². The van der Waals surface area contributed by atoms with Crippen LogP contribution in [0.4, 0.5) is 0 Å². The lowest BCUT2D eigenvalue weighted by Gasteiger charge is -2.20. The lowest BCUT2D eigenvalue weighted by atomic mass is 9.82. The largest absolute Gasteiger partial charge is 0.294 e. The van der Waals surface area contributed by atoms with Crippen LogP contribution in [-0.4, -0.2) is 11.6 Å². The third-order valence-corrected chi connectivity index (χ3v) is 3.40. The highest BCUT2D eigenvalue weighted by Crippen LogP contribution is 2.29. The van der Waals surface area contributed by atoms with E-state index in [0.29, 0.717) is 11.1 Å². The second-order valence-corrected chi connectivity index (χ2v) is 4.56. The Bertz CT molecular complexity index is 669. The topological polar surface area (TPSA) is 34.1 Å². The summed E-state index contributed by atoms with van der Waals surface area (Å²) < 4.78 is 0. The van der Waals surface area contributed by atoms with E-state index in [1.807, 2.05) is 36.4 Å². The predicted molar refractivity (Wildman–Crippen MR) is 69.1 cm³/mol. The van der Waals surface area contributed by atoms with E-state index in [-0.39, 0.29) is 11.6 Å². The molecule has 2 aromatic carbocycles. The van der Waals surface area contributed by atoms with Gasteiger partial charge in [0, 0.05) is 16.7 Å². The molecule has 0 fully saturated rings. The summed E-state index contributed by atoms with van der Waals surface area (Å²) in [7, 11) is 0. The second-order valence-electron chi connectivity index (χ2n) is 4.56. The molecule has 2 heteroatoms. The Morgan fingerprint density at radius 2 is 1.72 bits per heavy atom. The quantitative estimate of drug-likeness (QED) is 0.608. The van der Waals surface area contributed by atoms with E-state index in [2.05, 4.69) is 0 Å². The van der Waals surface area contributed by atoms with Crippen LogP contribution >= 0.6 is 0 Å². The molecule has 1 aliphatic rings. The molecule has 0 aromatic heterocycles. The summed E-state index contributed by atoms with van der Waals surface area (Å²) in [6.45, 7) is 1.50. The van der Waals surface area contributed by atoms with Crippen molar-refractivity contribution in [2.45, 2.75) is 13.3 Å². The minimum absolute atomic E-state index is 0.0300. The van der Waals surface area contributed by atoms with Crippen molar-refractivity contribution in [1.29, 1.82) is 0 Å². The molecule has 0 aliphatic heterocycles. The Balaban J connectivity index is 2.26. The average Bonchev–Trinajstić information content (AvgIpc) is 2.38. The third-order valence-electron chi connectivity index (χ3n) is 3.40. The minimum Gasteiger partial charge on any atom is -0.294 e. The van der Waals surface area contributed by atoms with Gasteiger partial charge in [0.1, 0.15) is 0 Å². The van der Waals surface area contributed by atoms with Crippen LogP contribution in [0.5, 0.6) is 0 Å². The Morgan fingerprint density at radius 3 is 2.50 bits per heavy atom. The molecule has 0 saturated carbocycles. The molecular formula is C16H12O2. The third kappa shape index (κ3) is 1.50. The van der Waals surface area contributed by atoms with Crippen molar-refractivity contribution in [2.24, 2.45) is 0 Å². The number of Topliss-reactive ketones (excluding diaryl/α,β-unsaturated/α-hetero) is 1. The zero-order chi connectivity index (χ0) is 12.7. The maximum absolute atomic E-state index is 12.5. The highest BCUT2D eigenvalue weighted by molar-refractivity contribution is 6.17. The van der Waals surface area contributed by atoms with E-state index < -0.39 is 0 Å². The fourth-order valence-electron chi connectivity index (χ4n) is 2.54. The van der Waals surface area contributed by atoms with Gasteiger partial charge < -0.3 is 0 Å². The van der Waals surface area contributed by atoms with Crippen molar-refractivity contribution in [1.82, 2.24) is 0 Å². The lowest BCUT2D eigenvalue weighted by molar-refractivity contribution is 0.0988. The molecule has 0 spiro atoms. The maximum Gasteiger partial charge on any atom is 0.194 e.